The Balaban J connectivity index is 2.09. The molecule has 0 bridgehead atoms. The second-order valence-electron chi connectivity index (χ2n) is 4.16. The third-order valence-corrected chi connectivity index (χ3v) is 3.56. The van der Waals surface area contributed by atoms with Gasteiger partial charge >= 0.3 is 6.18 Å². The summed E-state index contributed by atoms with van der Waals surface area (Å²) in [7, 11) is 0. The first-order chi connectivity index (χ1) is 7.97. The van der Waals surface area contributed by atoms with E-state index in [9.17, 15) is 13.2 Å². The maximum Gasteiger partial charge on any atom is 0.393 e. The quantitative estimate of drug-likeness (QED) is 0.717. The number of halogens is 4. The molecule has 0 N–H and O–H groups in total. The predicted octanol–water partition coefficient (Wildman–Crippen LogP) is 3.46. The lowest BCUT2D eigenvalue weighted by Crippen LogP contribution is -2.42. The number of rotatable bonds is 1. The molecule has 1 saturated heterocycles. The van der Waals surface area contributed by atoms with Crippen molar-refractivity contribution in [1.29, 1.82) is 0 Å². The first-order valence-corrected chi connectivity index (χ1v) is 6.48. The Kier molecular flexibility index (Phi) is 3.79. The van der Waals surface area contributed by atoms with Gasteiger partial charge in [0, 0.05) is 22.9 Å². The summed E-state index contributed by atoms with van der Waals surface area (Å²) in [5.41, 5.74) is 0. The number of pyridine rings is 1. The molecule has 0 radical (unpaired) electrons. The number of nitrogens with zero attached hydrogens (tertiary/aromatic N) is 2. The van der Waals surface area contributed by atoms with Crippen molar-refractivity contribution >= 4 is 28.4 Å². The zero-order valence-corrected chi connectivity index (χ0v) is 11.2. The van der Waals surface area contributed by atoms with Crippen molar-refractivity contribution in [2.75, 3.05) is 18.0 Å². The molecule has 2 rings (SSSR count). The molecule has 1 aromatic heterocycles. The molecule has 2 heterocycles. The lowest BCUT2D eigenvalue weighted by Gasteiger charge is -2.34. The summed E-state index contributed by atoms with van der Waals surface area (Å²) < 4.78 is 38.9. The van der Waals surface area contributed by atoms with Crippen LogP contribution >= 0.6 is 22.6 Å². The van der Waals surface area contributed by atoms with Crippen LogP contribution < -0.4 is 4.90 Å². The predicted molar refractivity (Wildman–Crippen MR) is 67.9 cm³/mol. The maximum atomic E-state index is 12.6. The standard InChI is InChI=1S/C11H12F3IN2/c12-11(13,14)8-2-1-5-17(7-8)10-4-3-9(15)6-16-10/h3-4,6,8H,1-2,5,7H2. The summed E-state index contributed by atoms with van der Waals surface area (Å²) in [6.45, 7) is 0.678. The van der Waals surface area contributed by atoms with Gasteiger partial charge in [-0.3, -0.25) is 0 Å². The Hall–Kier alpha value is -0.530. The topological polar surface area (TPSA) is 16.1 Å². The average Bonchev–Trinajstić information content (AvgIpc) is 2.29. The molecule has 1 aromatic rings. The van der Waals surface area contributed by atoms with Crippen LogP contribution in [-0.2, 0) is 0 Å². The van der Waals surface area contributed by atoms with E-state index in [4.69, 9.17) is 0 Å². The summed E-state index contributed by atoms with van der Waals surface area (Å²) in [6.07, 6.45) is -1.63. The summed E-state index contributed by atoms with van der Waals surface area (Å²) in [4.78, 5) is 5.89. The van der Waals surface area contributed by atoms with Crippen LogP contribution in [0.3, 0.4) is 0 Å². The molecule has 6 heteroatoms. The second-order valence-corrected chi connectivity index (χ2v) is 5.41. The van der Waals surface area contributed by atoms with Crippen LogP contribution in [0.2, 0.25) is 0 Å². The molecule has 2 nitrogen and oxygen atoms in total. The van der Waals surface area contributed by atoms with Gasteiger partial charge in [0.1, 0.15) is 5.82 Å². The van der Waals surface area contributed by atoms with Crippen molar-refractivity contribution in [3.63, 3.8) is 0 Å². The summed E-state index contributed by atoms with van der Waals surface area (Å²) in [5.74, 6) is -0.586. The fourth-order valence-electron chi connectivity index (χ4n) is 2.01. The van der Waals surface area contributed by atoms with Crippen LogP contribution in [0.15, 0.2) is 18.3 Å². The van der Waals surface area contributed by atoms with Crippen LogP contribution in [-0.4, -0.2) is 24.2 Å². The van der Waals surface area contributed by atoms with Crippen LogP contribution in [0.4, 0.5) is 19.0 Å². The van der Waals surface area contributed by atoms with Crippen molar-refractivity contribution in [2.45, 2.75) is 19.0 Å². The van der Waals surface area contributed by atoms with Crippen molar-refractivity contribution in [3.05, 3.63) is 21.9 Å². The molecule has 0 saturated carbocycles. The number of hydrogen-bond acceptors (Lipinski definition) is 2. The summed E-state index contributed by atoms with van der Waals surface area (Å²) >= 11 is 2.12. The van der Waals surface area contributed by atoms with Crippen molar-refractivity contribution < 1.29 is 13.2 Å². The first-order valence-electron chi connectivity index (χ1n) is 5.40. The number of hydrogen-bond donors (Lipinski definition) is 0. The van der Waals surface area contributed by atoms with E-state index >= 15 is 0 Å². The zero-order valence-electron chi connectivity index (χ0n) is 9.04. The molecule has 1 unspecified atom stereocenters. The minimum Gasteiger partial charge on any atom is -0.356 e. The lowest BCUT2D eigenvalue weighted by molar-refractivity contribution is -0.176. The van der Waals surface area contributed by atoms with Gasteiger partial charge in [-0.25, -0.2) is 4.98 Å². The first kappa shape index (κ1) is 12.9. The van der Waals surface area contributed by atoms with E-state index in [1.54, 1.807) is 17.2 Å². The van der Waals surface area contributed by atoms with Gasteiger partial charge in [0.05, 0.1) is 5.92 Å². The van der Waals surface area contributed by atoms with Gasteiger partial charge in [-0.1, -0.05) is 0 Å². The van der Waals surface area contributed by atoms with Gasteiger partial charge in [0.25, 0.3) is 0 Å². The average molecular weight is 356 g/mol. The molecule has 0 amide bonds. The van der Waals surface area contributed by atoms with Crippen molar-refractivity contribution in [3.8, 4) is 0 Å². The number of anilines is 1. The normalized spacial score (nSPS) is 21.6. The molecule has 0 spiro atoms. The highest BCUT2D eigenvalue weighted by Gasteiger charge is 2.41. The van der Waals surface area contributed by atoms with Gasteiger partial charge in [-0.05, 0) is 47.6 Å². The molecular formula is C11H12F3IN2. The Labute approximate surface area is 111 Å². The van der Waals surface area contributed by atoms with E-state index < -0.39 is 12.1 Å². The number of alkyl halides is 3. The Morgan fingerprint density at radius 2 is 2.12 bits per heavy atom. The molecule has 0 aromatic carbocycles. The highest BCUT2D eigenvalue weighted by molar-refractivity contribution is 14.1. The zero-order chi connectivity index (χ0) is 12.5. The van der Waals surface area contributed by atoms with Crippen molar-refractivity contribution in [1.82, 2.24) is 4.98 Å². The molecule has 1 aliphatic heterocycles. The van der Waals surface area contributed by atoms with Crippen molar-refractivity contribution in [2.24, 2.45) is 5.92 Å². The SMILES string of the molecule is FC(F)(F)C1CCCN(c2ccc(I)cn2)C1. The third kappa shape index (κ3) is 3.23. The van der Waals surface area contributed by atoms with E-state index in [0.29, 0.717) is 18.8 Å². The fourth-order valence-corrected chi connectivity index (χ4v) is 2.33. The second kappa shape index (κ2) is 4.99. The molecule has 0 aliphatic carbocycles. The minimum absolute atomic E-state index is 0.0249. The molecule has 94 valence electrons. The largest absolute Gasteiger partial charge is 0.393 e. The molecular weight excluding hydrogens is 344 g/mol. The molecule has 1 fully saturated rings. The van der Waals surface area contributed by atoms with Gasteiger partial charge in [0.2, 0.25) is 0 Å². The van der Waals surface area contributed by atoms with Gasteiger partial charge in [0.15, 0.2) is 0 Å². The maximum absolute atomic E-state index is 12.6. The number of aromatic nitrogens is 1. The van der Waals surface area contributed by atoms with Crippen LogP contribution in [0.1, 0.15) is 12.8 Å². The van der Waals surface area contributed by atoms with Crippen LogP contribution in [0.25, 0.3) is 0 Å². The van der Waals surface area contributed by atoms with E-state index in [0.717, 1.165) is 3.57 Å². The van der Waals surface area contributed by atoms with Gasteiger partial charge in [-0.2, -0.15) is 13.2 Å². The fraction of sp³-hybridized carbons (Fsp3) is 0.545. The minimum atomic E-state index is -4.10. The molecule has 17 heavy (non-hydrogen) atoms. The molecule has 1 aliphatic rings. The third-order valence-electron chi connectivity index (χ3n) is 2.92. The van der Waals surface area contributed by atoms with Gasteiger partial charge in [-0.15, -0.1) is 0 Å². The van der Waals surface area contributed by atoms with E-state index in [1.807, 2.05) is 6.07 Å². The summed E-state index contributed by atoms with van der Waals surface area (Å²) in [5, 5.41) is 0. The Morgan fingerprint density at radius 1 is 1.35 bits per heavy atom. The smallest absolute Gasteiger partial charge is 0.356 e. The van der Waals surface area contributed by atoms with E-state index in [2.05, 4.69) is 27.6 Å². The van der Waals surface area contributed by atoms with E-state index in [-0.39, 0.29) is 13.0 Å². The van der Waals surface area contributed by atoms with Gasteiger partial charge < -0.3 is 4.90 Å². The monoisotopic (exact) mass is 356 g/mol. The summed E-state index contributed by atoms with van der Waals surface area (Å²) in [6, 6.07) is 3.64. The highest BCUT2D eigenvalue weighted by atomic mass is 127. The van der Waals surface area contributed by atoms with Crippen LogP contribution in [0, 0.1) is 9.49 Å². The Morgan fingerprint density at radius 3 is 2.71 bits per heavy atom. The lowest BCUT2D eigenvalue weighted by atomic mass is 9.97. The Bertz CT molecular complexity index is 377. The highest BCUT2D eigenvalue weighted by Crippen LogP contribution is 2.34. The van der Waals surface area contributed by atoms with E-state index in [1.165, 1.54) is 0 Å². The number of piperidine rings is 1. The van der Waals surface area contributed by atoms with Crippen LogP contribution in [0.5, 0.6) is 0 Å². The molecule has 1 atom stereocenters.